The highest BCUT2D eigenvalue weighted by molar-refractivity contribution is 5.93. The quantitative estimate of drug-likeness (QED) is 0.817. The number of aryl methyl sites for hydroxylation is 1. The van der Waals surface area contributed by atoms with Crippen molar-refractivity contribution in [3.63, 3.8) is 0 Å². The van der Waals surface area contributed by atoms with Crippen LogP contribution < -0.4 is 4.74 Å². The summed E-state index contributed by atoms with van der Waals surface area (Å²) in [4.78, 5) is 22.9. The van der Waals surface area contributed by atoms with Crippen LogP contribution in [0.15, 0.2) is 30.9 Å². The van der Waals surface area contributed by atoms with Gasteiger partial charge in [-0.25, -0.2) is 9.97 Å². The van der Waals surface area contributed by atoms with E-state index in [9.17, 15) is 4.79 Å². The molecule has 8 heteroatoms. The molecule has 0 N–H and O–H groups in total. The third kappa shape index (κ3) is 3.95. The number of likely N-dealkylation sites (tertiary alicyclic amines) is 1. The fraction of sp³-hybridized carbons (Fsp3) is 0.579. The summed E-state index contributed by atoms with van der Waals surface area (Å²) >= 11 is 0. The van der Waals surface area contributed by atoms with Crippen molar-refractivity contribution in [3.05, 3.63) is 36.4 Å². The summed E-state index contributed by atoms with van der Waals surface area (Å²) in [6.45, 7) is 4.80. The summed E-state index contributed by atoms with van der Waals surface area (Å²) in [6.07, 6.45) is 10.1. The van der Waals surface area contributed by atoms with Gasteiger partial charge in [-0.2, -0.15) is 5.10 Å². The highest BCUT2D eigenvalue weighted by Crippen LogP contribution is 2.36. The molecule has 0 bridgehead atoms. The Morgan fingerprint density at radius 3 is 2.81 bits per heavy atom. The highest BCUT2D eigenvalue weighted by Gasteiger charge is 2.42. The molecule has 0 aliphatic carbocycles. The third-order valence-electron chi connectivity index (χ3n) is 5.43. The van der Waals surface area contributed by atoms with E-state index in [1.165, 1.54) is 0 Å². The van der Waals surface area contributed by atoms with Crippen LogP contribution in [0.5, 0.6) is 6.01 Å². The Morgan fingerprint density at radius 2 is 2.11 bits per heavy atom. The van der Waals surface area contributed by atoms with Crippen LogP contribution in [0.4, 0.5) is 0 Å². The monoisotopic (exact) mass is 371 g/mol. The molecule has 2 aromatic heterocycles. The number of carbonyl (C=O) groups is 1. The smallest absolute Gasteiger partial charge is 0.316 e. The number of amides is 1. The van der Waals surface area contributed by atoms with Crippen LogP contribution in [0.3, 0.4) is 0 Å². The SMILES string of the molecule is CCn1cc(C(=O)N2CCC3(CC2)CC(Oc2ncccn2)CCO3)cn1. The molecule has 2 aliphatic heterocycles. The van der Waals surface area contributed by atoms with Gasteiger partial charge >= 0.3 is 6.01 Å². The van der Waals surface area contributed by atoms with Gasteiger partial charge in [0, 0.05) is 51.1 Å². The number of ether oxygens (including phenoxy) is 2. The van der Waals surface area contributed by atoms with Crippen molar-refractivity contribution in [2.75, 3.05) is 19.7 Å². The number of aromatic nitrogens is 4. The summed E-state index contributed by atoms with van der Waals surface area (Å²) in [5.74, 6) is 0.0471. The minimum absolute atomic E-state index is 0.0471. The molecular formula is C19H25N5O3. The highest BCUT2D eigenvalue weighted by atomic mass is 16.5. The van der Waals surface area contributed by atoms with Crippen molar-refractivity contribution in [3.8, 4) is 6.01 Å². The molecule has 144 valence electrons. The second-order valence-electron chi connectivity index (χ2n) is 7.17. The summed E-state index contributed by atoms with van der Waals surface area (Å²) in [6, 6.07) is 2.19. The molecule has 1 unspecified atom stereocenters. The molecule has 1 spiro atoms. The maximum absolute atomic E-state index is 12.7. The maximum Gasteiger partial charge on any atom is 0.316 e. The van der Waals surface area contributed by atoms with Crippen molar-refractivity contribution < 1.29 is 14.3 Å². The first kappa shape index (κ1) is 17.9. The first-order valence-electron chi connectivity index (χ1n) is 9.57. The predicted octanol–water partition coefficient (Wildman–Crippen LogP) is 1.93. The summed E-state index contributed by atoms with van der Waals surface area (Å²) < 4.78 is 13.9. The summed E-state index contributed by atoms with van der Waals surface area (Å²) in [7, 11) is 0. The van der Waals surface area contributed by atoms with Gasteiger partial charge in [0.15, 0.2) is 0 Å². The number of hydrogen-bond acceptors (Lipinski definition) is 6. The van der Waals surface area contributed by atoms with E-state index in [1.807, 2.05) is 18.0 Å². The number of hydrogen-bond donors (Lipinski definition) is 0. The lowest BCUT2D eigenvalue weighted by Gasteiger charge is -2.45. The Balaban J connectivity index is 1.35. The van der Waals surface area contributed by atoms with E-state index in [0.717, 1.165) is 32.2 Å². The van der Waals surface area contributed by atoms with Crippen LogP contribution in [-0.4, -0.2) is 62.0 Å². The molecule has 4 heterocycles. The standard InChI is InChI=1S/C19H25N5O3/c1-2-24-14-15(13-22-24)17(25)23-9-5-19(6-10-23)12-16(4-11-26-19)27-18-20-7-3-8-21-18/h3,7-8,13-14,16H,2,4-6,9-12H2,1H3. The zero-order valence-corrected chi connectivity index (χ0v) is 15.6. The van der Waals surface area contributed by atoms with Gasteiger partial charge in [0.25, 0.3) is 5.91 Å². The molecule has 2 aliphatic rings. The Hall–Kier alpha value is -2.48. The second kappa shape index (κ2) is 7.64. The van der Waals surface area contributed by atoms with Crippen LogP contribution in [-0.2, 0) is 11.3 Å². The normalized spacial score (nSPS) is 22.0. The van der Waals surface area contributed by atoms with Crippen molar-refractivity contribution in [1.29, 1.82) is 0 Å². The maximum atomic E-state index is 12.7. The van der Waals surface area contributed by atoms with Gasteiger partial charge in [-0.15, -0.1) is 0 Å². The third-order valence-corrected chi connectivity index (χ3v) is 5.43. The minimum Gasteiger partial charge on any atom is -0.460 e. The fourth-order valence-electron chi connectivity index (χ4n) is 3.87. The van der Waals surface area contributed by atoms with Crippen molar-refractivity contribution >= 4 is 5.91 Å². The molecule has 8 nitrogen and oxygen atoms in total. The van der Waals surface area contributed by atoms with E-state index in [2.05, 4.69) is 15.1 Å². The summed E-state index contributed by atoms with van der Waals surface area (Å²) in [5.41, 5.74) is 0.432. The Bertz CT molecular complexity index is 771. The van der Waals surface area contributed by atoms with Gasteiger partial charge in [-0.1, -0.05) is 0 Å². The van der Waals surface area contributed by atoms with Gasteiger partial charge in [-0.05, 0) is 25.8 Å². The van der Waals surface area contributed by atoms with E-state index in [0.29, 0.717) is 31.3 Å². The van der Waals surface area contributed by atoms with Gasteiger partial charge in [0.1, 0.15) is 6.10 Å². The van der Waals surface area contributed by atoms with Gasteiger partial charge in [-0.3, -0.25) is 9.48 Å². The topological polar surface area (TPSA) is 82.4 Å². The van der Waals surface area contributed by atoms with Crippen molar-refractivity contribution in [1.82, 2.24) is 24.6 Å². The van der Waals surface area contributed by atoms with Crippen LogP contribution >= 0.6 is 0 Å². The molecular weight excluding hydrogens is 346 g/mol. The Labute approximate surface area is 158 Å². The molecule has 1 atom stereocenters. The molecule has 1 amide bonds. The van der Waals surface area contributed by atoms with Crippen LogP contribution in [0.2, 0.25) is 0 Å². The second-order valence-corrected chi connectivity index (χ2v) is 7.17. The van der Waals surface area contributed by atoms with Crippen molar-refractivity contribution in [2.24, 2.45) is 0 Å². The molecule has 0 aromatic carbocycles. The van der Waals surface area contributed by atoms with Gasteiger partial charge in [0.05, 0.1) is 24.0 Å². The Morgan fingerprint density at radius 1 is 1.33 bits per heavy atom. The van der Waals surface area contributed by atoms with E-state index in [1.54, 1.807) is 29.3 Å². The number of piperidine rings is 1. The van der Waals surface area contributed by atoms with Crippen LogP contribution in [0.1, 0.15) is 43.0 Å². The number of rotatable bonds is 4. The zero-order valence-electron chi connectivity index (χ0n) is 15.6. The molecule has 0 radical (unpaired) electrons. The molecule has 2 aromatic rings. The molecule has 4 rings (SSSR count). The number of carbonyl (C=O) groups excluding carboxylic acids is 1. The lowest BCUT2D eigenvalue weighted by molar-refractivity contribution is -0.136. The van der Waals surface area contributed by atoms with E-state index < -0.39 is 0 Å². The van der Waals surface area contributed by atoms with E-state index in [4.69, 9.17) is 9.47 Å². The molecule has 2 fully saturated rings. The van der Waals surface area contributed by atoms with Crippen LogP contribution in [0, 0.1) is 0 Å². The van der Waals surface area contributed by atoms with Crippen molar-refractivity contribution in [2.45, 2.75) is 50.9 Å². The van der Waals surface area contributed by atoms with E-state index in [-0.39, 0.29) is 17.6 Å². The lowest BCUT2D eigenvalue weighted by Crippen LogP contribution is -2.52. The Kier molecular flexibility index (Phi) is 5.07. The fourth-order valence-corrected chi connectivity index (χ4v) is 3.87. The predicted molar refractivity (Wildman–Crippen MR) is 97.4 cm³/mol. The largest absolute Gasteiger partial charge is 0.460 e. The van der Waals surface area contributed by atoms with E-state index >= 15 is 0 Å². The first-order chi connectivity index (χ1) is 13.2. The molecule has 27 heavy (non-hydrogen) atoms. The minimum atomic E-state index is -0.220. The average Bonchev–Trinajstić information content (AvgIpc) is 3.18. The molecule has 0 saturated carbocycles. The lowest BCUT2D eigenvalue weighted by atomic mass is 9.83. The van der Waals surface area contributed by atoms with Crippen LogP contribution in [0.25, 0.3) is 0 Å². The van der Waals surface area contributed by atoms with Gasteiger partial charge < -0.3 is 14.4 Å². The summed E-state index contributed by atoms with van der Waals surface area (Å²) in [5, 5.41) is 4.20. The molecule has 2 saturated heterocycles. The zero-order chi connectivity index (χ0) is 18.7. The number of nitrogens with zero attached hydrogens (tertiary/aromatic N) is 5. The average molecular weight is 371 g/mol. The first-order valence-corrected chi connectivity index (χ1v) is 9.57. The van der Waals surface area contributed by atoms with Gasteiger partial charge in [0.2, 0.25) is 0 Å².